The molecule has 0 unspecified atom stereocenters. The average molecular weight is 501 g/mol. The second kappa shape index (κ2) is 8.50. The summed E-state index contributed by atoms with van der Waals surface area (Å²) in [6.45, 7) is 7.16. The van der Waals surface area contributed by atoms with Crippen molar-refractivity contribution in [1.82, 2.24) is 5.32 Å². The van der Waals surface area contributed by atoms with E-state index in [-0.39, 0.29) is 35.5 Å². The fourth-order valence-electron chi connectivity index (χ4n) is 4.90. The van der Waals surface area contributed by atoms with Gasteiger partial charge in [0.2, 0.25) is 5.54 Å². The number of alkyl halides is 3. The van der Waals surface area contributed by atoms with E-state index in [1.54, 1.807) is 39.0 Å². The van der Waals surface area contributed by atoms with E-state index in [0.29, 0.717) is 0 Å². The van der Waals surface area contributed by atoms with Crippen molar-refractivity contribution in [3.63, 3.8) is 0 Å². The molecule has 1 atom stereocenters. The Hall–Kier alpha value is -3.62. The van der Waals surface area contributed by atoms with E-state index in [9.17, 15) is 27.6 Å². The van der Waals surface area contributed by atoms with Crippen LogP contribution in [-0.2, 0) is 9.59 Å². The van der Waals surface area contributed by atoms with Crippen LogP contribution in [0.25, 0.3) is 0 Å². The molecular weight excluding hydrogens is 473 g/mol. The topological polar surface area (TPSA) is 75.7 Å². The Labute approximate surface area is 207 Å². The first-order valence-electron chi connectivity index (χ1n) is 11.4. The van der Waals surface area contributed by atoms with Crippen LogP contribution in [0.1, 0.15) is 48.2 Å². The number of rotatable bonds is 4. The Kier molecular flexibility index (Phi) is 6.01. The largest absolute Gasteiger partial charge is 0.497 e. The SMILES string of the molecule is COc1cccc(C(=O)N[C@@]2(C(F)(F)F)C(=O)N(c3ccc(C)c(C)c3)C3=C2C(=O)CC(C)(C)C3)c1. The molecule has 2 aromatic carbocycles. The van der Waals surface area contributed by atoms with Crippen molar-refractivity contribution in [1.29, 1.82) is 0 Å². The van der Waals surface area contributed by atoms with Gasteiger partial charge in [-0.15, -0.1) is 0 Å². The summed E-state index contributed by atoms with van der Waals surface area (Å²) in [6, 6.07) is 10.4. The number of carbonyl (C=O) groups excluding carboxylic acids is 3. The summed E-state index contributed by atoms with van der Waals surface area (Å²) in [4.78, 5) is 41.3. The van der Waals surface area contributed by atoms with Crippen molar-refractivity contribution in [2.24, 2.45) is 5.41 Å². The van der Waals surface area contributed by atoms with E-state index in [2.05, 4.69) is 0 Å². The number of allylic oxidation sites excluding steroid dienone is 1. The highest BCUT2D eigenvalue weighted by Crippen LogP contribution is 2.53. The number of hydrogen-bond donors (Lipinski definition) is 1. The predicted molar refractivity (Wildman–Crippen MR) is 128 cm³/mol. The Bertz CT molecular complexity index is 1310. The summed E-state index contributed by atoms with van der Waals surface area (Å²) in [5.41, 5.74) is -3.20. The summed E-state index contributed by atoms with van der Waals surface area (Å²) in [5.74, 6) is -3.13. The number of Topliss-reactive ketones (excluding diaryl/α,β-unsaturated/α-hetero) is 1. The number of ether oxygens (including phenoxy) is 1. The molecule has 0 saturated carbocycles. The smallest absolute Gasteiger partial charge is 0.425 e. The maximum absolute atomic E-state index is 15.0. The summed E-state index contributed by atoms with van der Waals surface area (Å²) in [6.07, 6.45) is -5.42. The molecular formula is C27H27F3N2O4. The Morgan fingerprint density at radius 3 is 2.33 bits per heavy atom. The predicted octanol–water partition coefficient (Wildman–Crippen LogP) is 5.03. The lowest BCUT2D eigenvalue weighted by Gasteiger charge is -2.35. The van der Waals surface area contributed by atoms with E-state index in [1.165, 1.54) is 31.4 Å². The van der Waals surface area contributed by atoms with E-state index < -0.39 is 40.3 Å². The maximum Gasteiger partial charge on any atom is 0.425 e. The first-order chi connectivity index (χ1) is 16.7. The highest BCUT2D eigenvalue weighted by Gasteiger charge is 2.72. The van der Waals surface area contributed by atoms with Crippen molar-refractivity contribution < 1.29 is 32.3 Å². The lowest BCUT2D eigenvalue weighted by molar-refractivity contribution is -0.186. The van der Waals surface area contributed by atoms with Gasteiger partial charge in [-0.2, -0.15) is 13.2 Å². The highest BCUT2D eigenvalue weighted by molar-refractivity contribution is 6.21. The average Bonchev–Trinajstić information content (AvgIpc) is 3.03. The van der Waals surface area contributed by atoms with Gasteiger partial charge in [0.15, 0.2) is 5.78 Å². The summed E-state index contributed by atoms with van der Waals surface area (Å²) >= 11 is 0. The maximum atomic E-state index is 15.0. The number of amides is 2. The molecule has 1 aliphatic carbocycles. The molecule has 0 spiro atoms. The van der Waals surface area contributed by atoms with Gasteiger partial charge in [-0.1, -0.05) is 26.0 Å². The molecule has 9 heteroatoms. The summed E-state index contributed by atoms with van der Waals surface area (Å²) in [5, 5.41) is 1.94. The van der Waals surface area contributed by atoms with E-state index in [0.717, 1.165) is 16.0 Å². The molecule has 1 N–H and O–H groups in total. The first kappa shape index (κ1) is 25.5. The minimum absolute atomic E-state index is 0.0345. The molecule has 0 fully saturated rings. The highest BCUT2D eigenvalue weighted by atomic mass is 19.4. The zero-order valence-corrected chi connectivity index (χ0v) is 20.7. The van der Waals surface area contributed by atoms with E-state index >= 15 is 0 Å². The molecule has 36 heavy (non-hydrogen) atoms. The third kappa shape index (κ3) is 3.96. The Balaban J connectivity index is 1.94. The molecule has 2 aliphatic rings. The first-order valence-corrected chi connectivity index (χ1v) is 11.4. The quantitative estimate of drug-likeness (QED) is 0.639. The molecule has 190 valence electrons. The van der Waals surface area contributed by atoms with Gasteiger partial charge in [-0.05, 0) is 67.1 Å². The van der Waals surface area contributed by atoms with Gasteiger partial charge in [0.1, 0.15) is 5.75 Å². The van der Waals surface area contributed by atoms with E-state index in [4.69, 9.17) is 4.74 Å². The minimum atomic E-state index is -5.29. The number of benzene rings is 2. The summed E-state index contributed by atoms with van der Waals surface area (Å²) < 4.78 is 50.0. The van der Waals surface area contributed by atoms with Crippen LogP contribution in [0.2, 0.25) is 0 Å². The van der Waals surface area contributed by atoms with Gasteiger partial charge in [-0.3, -0.25) is 19.3 Å². The minimum Gasteiger partial charge on any atom is -0.497 e. The molecule has 0 saturated heterocycles. The number of hydrogen-bond acceptors (Lipinski definition) is 4. The zero-order chi connectivity index (χ0) is 26.6. The molecule has 0 bridgehead atoms. The van der Waals surface area contributed by atoms with Gasteiger partial charge in [-0.25, -0.2) is 0 Å². The number of carbonyl (C=O) groups is 3. The standard InChI is InChI=1S/C27H27F3N2O4/c1-15-9-10-18(11-16(15)2)32-20-13-25(3,4)14-21(33)22(20)26(24(32)35,27(28,29)30)31-23(34)17-7-6-8-19(12-17)36-5/h6-12H,13-14H2,1-5H3,(H,31,34)/t26-/m1/s1. The third-order valence-electron chi connectivity index (χ3n) is 6.83. The second-order valence-corrected chi connectivity index (χ2v) is 10.1. The number of nitrogens with one attached hydrogen (secondary N) is 1. The van der Waals surface area contributed by atoms with Crippen molar-refractivity contribution in [3.8, 4) is 5.75 Å². The molecule has 1 heterocycles. The second-order valence-electron chi connectivity index (χ2n) is 10.1. The Morgan fingerprint density at radius 2 is 1.72 bits per heavy atom. The molecule has 6 nitrogen and oxygen atoms in total. The van der Waals surface area contributed by atoms with Crippen LogP contribution in [0.4, 0.5) is 18.9 Å². The third-order valence-corrected chi connectivity index (χ3v) is 6.83. The number of halogens is 3. The lowest BCUT2D eigenvalue weighted by atomic mass is 9.72. The van der Waals surface area contributed by atoms with Crippen molar-refractivity contribution in [2.45, 2.75) is 52.3 Å². The van der Waals surface area contributed by atoms with Crippen LogP contribution >= 0.6 is 0 Å². The zero-order valence-electron chi connectivity index (χ0n) is 20.7. The molecule has 2 aromatic rings. The monoisotopic (exact) mass is 500 g/mol. The van der Waals surface area contributed by atoms with Gasteiger partial charge in [0.05, 0.1) is 12.7 Å². The van der Waals surface area contributed by atoms with Gasteiger partial charge >= 0.3 is 6.18 Å². The lowest BCUT2D eigenvalue weighted by Crippen LogP contribution is -2.66. The molecule has 0 aromatic heterocycles. The van der Waals surface area contributed by atoms with Gasteiger partial charge < -0.3 is 10.1 Å². The molecule has 0 radical (unpaired) electrons. The van der Waals surface area contributed by atoms with Crippen molar-refractivity contribution >= 4 is 23.3 Å². The molecule has 4 rings (SSSR count). The van der Waals surface area contributed by atoms with Crippen LogP contribution in [0.15, 0.2) is 53.7 Å². The fourth-order valence-corrected chi connectivity index (χ4v) is 4.90. The number of methoxy groups -OCH3 is 1. The number of anilines is 1. The Morgan fingerprint density at radius 1 is 1.03 bits per heavy atom. The normalized spacial score (nSPS) is 21.5. The number of nitrogens with zero attached hydrogens (tertiary/aromatic N) is 1. The van der Waals surface area contributed by atoms with Crippen LogP contribution in [0.3, 0.4) is 0 Å². The van der Waals surface area contributed by atoms with Crippen LogP contribution < -0.4 is 15.0 Å². The summed E-state index contributed by atoms with van der Waals surface area (Å²) in [7, 11) is 1.36. The van der Waals surface area contributed by atoms with Gasteiger partial charge in [0.25, 0.3) is 11.8 Å². The van der Waals surface area contributed by atoms with Crippen LogP contribution in [0, 0.1) is 19.3 Å². The van der Waals surface area contributed by atoms with Crippen molar-refractivity contribution in [2.75, 3.05) is 12.0 Å². The fraction of sp³-hybridized carbons (Fsp3) is 0.370. The van der Waals surface area contributed by atoms with Crippen LogP contribution in [-0.4, -0.2) is 36.4 Å². The van der Waals surface area contributed by atoms with Crippen LogP contribution in [0.5, 0.6) is 5.75 Å². The molecule has 1 aliphatic heterocycles. The molecule has 2 amide bonds. The van der Waals surface area contributed by atoms with Gasteiger partial charge in [0, 0.05) is 23.4 Å². The van der Waals surface area contributed by atoms with Crippen molar-refractivity contribution in [3.05, 3.63) is 70.4 Å². The van der Waals surface area contributed by atoms with E-state index in [1.807, 2.05) is 12.2 Å². The number of ketones is 1. The number of aryl methyl sites for hydroxylation is 2.